The van der Waals surface area contributed by atoms with E-state index in [4.69, 9.17) is 10.9 Å². The van der Waals surface area contributed by atoms with E-state index in [1.807, 2.05) is 0 Å². The first-order chi connectivity index (χ1) is 7.43. The van der Waals surface area contributed by atoms with Crippen molar-refractivity contribution in [3.05, 3.63) is 0 Å². The van der Waals surface area contributed by atoms with Gasteiger partial charge in [-0.1, -0.05) is 19.0 Å². The minimum absolute atomic E-state index is 0.0314. The average molecular weight is 227 g/mol. The lowest BCUT2D eigenvalue weighted by atomic mass is 9.75. The van der Waals surface area contributed by atoms with E-state index in [2.05, 4.69) is 24.3 Å². The van der Waals surface area contributed by atoms with Crippen molar-refractivity contribution in [1.82, 2.24) is 5.32 Å². The molecule has 0 aromatic heterocycles. The van der Waals surface area contributed by atoms with Crippen LogP contribution in [0.5, 0.6) is 0 Å². The number of hydrogen-bond donors (Lipinski definition) is 3. The first-order valence-corrected chi connectivity index (χ1v) is 5.69. The molecular formula is C11H21N3O2. The molecule has 4 N–H and O–H groups in total. The molecule has 0 unspecified atom stereocenters. The zero-order chi connectivity index (χ0) is 12.2. The predicted octanol–water partition coefficient (Wildman–Crippen LogP) is 1.21. The molecule has 92 valence electrons. The van der Waals surface area contributed by atoms with Crippen LogP contribution in [0.1, 0.15) is 46.0 Å². The molecule has 5 nitrogen and oxygen atoms in total. The van der Waals surface area contributed by atoms with Crippen LogP contribution in [0.4, 0.5) is 0 Å². The van der Waals surface area contributed by atoms with Crippen LogP contribution < -0.4 is 11.1 Å². The highest BCUT2D eigenvalue weighted by atomic mass is 16.4. The molecule has 1 rings (SSSR count). The summed E-state index contributed by atoms with van der Waals surface area (Å²) in [4.78, 5) is 11.5. The normalized spacial score (nSPS) is 21.8. The van der Waals surface area contributed by atoms with Crippen molar-refractivity contribution in [2.75, 3.05) is 0 Å². The number of hydrogen-bond acceptors (Lipinski definition) is 3. The number of oxime groups is 1. The summed E-state index contributed by atoms with van der Waals surface area (Å²) < 4.78 is 0. The van der Waals surface area contributed by atoms with Gasteiger partial charge in [0.05, 0.1) is 6.42 Å². The summed E-state index contributed by atoms with van der Waals surface area (Å²) in [5.41, 5.74) is 5.66. The van der Waals surface area contributed by atoms with Crippen molar-refractivity contribution in [1.29, 1.82) is 0 Å². The summed E-state index contributed by atoms with van der Waals surface area (Å²) in [6.45, 7) is 4.50. The van der Waals surface area contributed by atoms with Gasteiger partial charge in [-0.3, -0.25) is 4.79 Å². The zero-order valence-electron chi connectivity index (χ0n) is 9.99. The molecule has 0 aromatic rings. The Labute approximate surface area is 96.1 Å². The van der Waals surface area contributed by atoms with Gasteiger partial charge in [-0.05, 0) is 31.1 Å². The van der Waals surface area contributed by atoms with E-state index in [0.29, 0.717) is 5.41 Å². The van der Waals surface area contributed by atoms with Gasteiger partial charge in [-0.25, -0.2) is 0 Å². The van der Waals surface area contributed by atoms with Gasteiger partial charge in [-0.15, -0.1) is 0 Å². The molecular weight excluding hydrogens is 206 g/mol. The fourth-order valence-electron chi connectivity index (χ4n) is 2.02. The topological polar surface area (TPSA) is 87.7 Å². The Morgan fingerprint density at radius 1 is 1.50 bits per heavy atom. The lowest BCUT2D eigenvalue weighted by Crippen LogP contribution is -2.40. The van der Waals surface area contributed by atoms with Gasteiger partial charge in [0.25, 0.3) is 0 Å². The van der Waals surface area contributed by atoms with E-state index in [-0.39, 0.29) is 24.2 Å². The van der Waals surface area contributed by atoms with E-state index in [1.165, 1.54) is 0 Å². The molecule has 16 heavy (non-hydrogen) atoms. The summed E-state index contributed by atoms with van der Waals surface area (Å²) in [6.07, 6.45) is 4.24. The molecule has 0 spiro atoms. The Morgan fingerprint density at radius 2 is 2.06 bits per heavy atom. The van der Waals surface area contributed by atoms with Crippen LogP contribution in [0.25, 0.3) is 0 Å². The smallest absolute Gasteiger partial charge is 0.227 e. The number of nitrogens with zero attached hydrogens (tertiary/aromatic N) is 1. The minimum Gasteiger partial charge on any atom is -0.409 e. The second-order valence-corrected chi connectivity index (χ2v) is 5.27. The highest BCUT2D eigenvalue weighted by Gasteiger charge is 2.27. The first-order valence-electron chi connectivity index (χ1n) is 5.69. The molecule has 1 saturated carbocycles. The number of amides is 1. The molecule has 0 aliphatic heterocycles. The maximum atomic E-state index is 11.5. The molecule has 1 aliphatic rings. The number of nitrogens with two attached hydrogens (primary N) is 1. The maximum Gasteiger partial charge on any atom is 0.227 e. The van der Waals surface area contributed by atoms with Crippen molar-refractivity contribution in [3.63, 3.8) is 0 Å². The van der Waals surface area contributed by atoms with Crippen molar-refractivity contribution in [2.24, 2.45) is 16.3 Å². The third-order valence-electron chi connectivity index (χ3n) is 3.17. The number of nitrogens with one attached hydrogen (secondary N) is 1. The van der Waals surface area contributed by atoms with Crippen LogP contribution in [-0.4, -0.2) is 23.0 Å². The lowest BCUT2D eigenvalue weighted by molar-refractivity contribution is -0.121. The van der Waals surface area contributed by atoms with E-state index >= 15 is 0 Å². The third-order valence-corrected chi connectivity index (χ3v) is 3.17. The highest BCUT2D eigenvalue weighted by Crippen LogP contribution is 2.34. The summed E-state index contributed by atoms with van der Waals surface area (Å²) in [6, 6.07) is 0.243. The second kappa shape index (κ2) is 5.18. The van der Waals surface area contributed by atoms with Crippen LogP contribution in [-0.2, 0) is 4.79 Å². The fourth-order valence-corrected chi connectivity index (χ4v) is 2.02. The zero-order valence-corrected chi connectivity index (χ0v) is 9.99. The summed E-state index contributed by atoms with van der Waals surface area (Å²) in [5.74, 6) is -0.214. The van der Waals surface area contributed by atoms with Gasteiger partial charge in [0.2, 0.25) is 5.91 Å². The first kappa shape index (κ1) is 12.8. The maximum absolute atomic E-state index is 11.5. The van der Waals surface area contributed by atoms with Crippen LogP contribution in [0.3, 0.4) is 0 Å². The van der Waals surface area contributed by atoms with Crippen molar-refractivity contribution in [3.8, 4) is 0 Å². The molecule has 0 radical (unpaired) electrons. The quantitative estimate of drug-likeness (QED) is 0.293. The molecule has 5 heteroatoms. The molecule has 0 aromatic carbocycles. The molecule has 1 fully saturated rings. The summed E-state index contributed by atoms with van der Waals surface area (Å²) >= 11 is 0. The summed E-state index contributed by atoms with van der Waals surface area (Å²) in [5, 5.41) is 14.0. The van der Waals surface area contributed by atoms with Crippen molar-refractivity contribution < 1.29 is 10.0 Å². The Kier molecular flexibility index (Phi) is 4.15. The van der Waals surface area contributed by atoms with Crippen molar-refractivity contribution >= 4 is 11.7 Å². The Morgan fingerprint density at radius 3 is 2.56 bits per heavy atom. The number of carbonyl (C=O) groups is 1. The average Bonchev–Trinajstić information content (AvgIpc) is 2.21. The molecule has 0 bridgehead atoms. The van der Waals surface area contributed by atoms with Gasteiger partial charge < -0.3 is 16.3 Å². The highest BCUT2D eigenvalue weighted by molar-refractivity contribution is 5.98. The standard InChI is InChI=1S/C11H21N3O2/c1-11(2)5-3-8(4-6-11)13-10(15)7-9(12)14-16/h8,16H,3-7H2,1-2H3,(H2,12,14)(H,13,15). The predicted molar refractivity (Wildman–Crippen MR) is 62.2 cm³/mol. The number of rotatable bonds is 3. The van der Waals surface area contributed by atoms with Crippen LogP contribution >= 0.6 is 0 Å². The van der Waals surface area contributed by atoms with Gasteiger partial charge in [0.15, 0.2) is 0 Å². The second-order valence-electron chi connectivity index (χ2n) is 5.27. The van der Waals surface area contributed by atoms with Gasteiger partial charge in [0.1, 0.15) is 5.84 Å². The van der Waals surface area contributed by atoms with Crippen LogP contribution in [0, 0.1) is 5.41 Å². The Hall–Kier alpha value is -1.26. The number of carbonyl (C=O) groups excluding carboxylic acids is 1. The van der Waals surface area contributed by atoms with E-state index in [9.17, 15) is 4.79 Å². The molecule has 0 saturated heterocycles. The van der Waals surface area contributed by atoms with E-state index < -0.39 is 0 Å². The van der Waals surface area contributed by atoms with Gasteiger partial charge in [0, 0.05) is 6.04 Å². The fraction of sp³-hybridized carbons (Fsp3) is 0.818. The lowest BCUT2D eigenvalue weighted by Gasteiger charge is -2.34. The van der Waals surface area contributed by atoms with Gasteiger partial charge >= 0.3 is 0 Å². The Balaban J connectivity index is 2.31. The van der Waals surface area contributed by atoms with Crippen LogP contribution in [0.2, 0.25) is 0 Å². The molecule has 0 atom stereocenters. The monoisotopic (exact) mass is 227 g/mol. The van der Waals surface area contributed by atoms with Gasteiger partial charge in [-0.2, -0.15) is 0 Å². The van der Waals surface area contributed by atoms with Crippen molar-refractivity contribution in [2.45, 2.75) is 52.0 Å². The third kappa shape index (κ3) is 4.08. The molecule has 1 aliphatic carbocycles. The molecule has 0 heterocycles. The largest absolute Gasteiger partial charge is 0.409 e. The summed E-state index contributed by atoms with van der Waals surface area (Å²) in [7, 11) is 0. The number of amidine groups is 1. The Bertz CT molecular complexity index is 277. The van der Waals surface area contributed by atoms with Crippen LogP contribution in [0.15, 0.2) is 5.16 Å². The minimum atomic E-state index is -0.167. The SMILES string of the molecule is CC1(C)CCC(NC(=O)CC(N)=NO)CC1. The van der Waals surface area contributed by atoms with E-state index in [1.54, 1.807) is 0 Å². The molecule has 1 amide bonds. The van der Waals surface area contributed by atoms with E-state index in [0.717, 1.165) is 25.7 Å².